The lowest BCUT2D eigenvalue weighted by Gasteiger charge is -2.16. The van der Waals surface area contributed by atoms with Crippen LogP contribution in [0, 0.1) is 0 Å². The number of ether oxygens (including phenoxy) is 1. The van der Waals surface area contributed by atoms with E-state index in [0.717, 1.165) is 11.8 Å². The molecule has 2 aromatic carbocycles. The van der Waals surface area contributed by atoms with Gasteiger partial charge in [-0.25, -0.2) is 8.42 Å². The summed E-state index contributed by atoms with van der Waals surface area (Å²) in [6, 6.07) is 7.61. The number of phenolic OH excluding ortho intramolecular Hbond substituents is 1. The summed E-state index contributed by atoms with van der Waals surface area (Å²) in [4.78, 5) is 13.1. The summed E-state index contributed by atoms with van der Waals surface area (Å²) in [6.07, 6.45) is 1.81. The van der Waals surface area contributed by atoms with E-state index in [0.29, 0.717) is 29.9 Å². The molecule has 1 N–H and O–H groups in total. The largest absolute Gasteiger partial charge is 0.507 e. The molecule has 0 fully saturated rings. The van der Waals surface area contributed by atoms with Gasteiger partial charge in [0.2, 0.25) is 5.78 Å². The van der Waals surface area contributed by atoms with Gasteiger partial charge in [0, 0.05) is 18.2 Å². The fourth-order valence-corrected chi connectivity index (χ4v) is 3.63. The Balaban J connectivity index is 2.11. The van der Waals surface area contributed by atoms with E-state index < -0.39 is 9.84 Å². The van der Waals surface area contributed by atoms with Crippen molar-refractivity contribution in [3.05, 3.63) is 52.6 Å². The summed E-state index contributed by atoms with van der Waals surface area (Å²) < 4.78 is 28.7. The molecule has 0 unspecified atom stereocenters. The van der Waals surface area contributed by atoms with Gasteiger partial charge in [-0.15, -0.1) is 0 Å². The molecule has 1 heterocycles. The first kappa shape index (κ1) is 17.5. The van der Waals surface area contributed by atoms with Crippen LogP contribution in [0.25, 0.3) is 0 Å². The van der Waals surface area contributed by atoms with Crippen LogP contribution in [0.3, 0.4) is 0 Å². The second-order valence-corrected chi connectivity index (χ2v) is 8.57. The summed E-state index contributed by atoms with van der Waals surface area (Å²) in [5, 5.41) is 10.6. The number of sulfone groups is 1. The number of carbonyl (C=O) groups excluding carboxylic acids is 1. The average molecular weight is 360 g/mol. The molecule has 132 valence electrons. The highest BCUT2D eigenvalue weighted by atomic mass is 32.2. The van der Waals surface area contributed by atoms with Crippen molar-refractivity contribution in [2.75, 3.05) is 12.9 Å². The Hall–Kier alpha value is -2.34. The Kier molecular flexibility index (Phi) is 4.33. The number of aromatic hydroxyl groups is 1. The lowest BCUT2D eigenvalue weighted by atomic mass is 9.91. The second kappa shape index (κ2) is 6.19. The van der Waals surface area contributed by atoms with Gasteiger partial charge < -0.3 is 9.84 Å². The molecule has 0 atom stereocenters. The highest BCUT2D eigenvalue weighted by Crippen LogP contribution is 2.42. The van der Waals surface area contributed by atoms with Crippen molar-refractivity contribution in [2.24, 2.45) is 0 Å². The van der Waals surface area contributed by atoms with E-state index in [1.807, 2.05) is 19.9 Å². The van der Waals surface area contributed by atoms with Crippen LogP contribution in [-0.4, -0.2) is 32.2 Å². The van der Waals surface area contributed by atoms with E-state index in [2.05, 4.69) is 0 Å². The van der Waals surface area contributed by atoms with Crippen LogP contribution in [0.2, 0.25) is 0 Å². The Bertz CT molecular complexity index is 941. The molecule has 1 aliphatic rings. The summed E-state index contributed by atoms with van der Waals surface area (Å²) in [7, 11) is -3.33. The van der Waals surface area contributed by atoms with Crippen LogP contribution in [0.1, 0.15) is 46.8 Å². The van der Waals surface area contributed by atoms with Crippen LogP contribution in [0.15, 0.2) is 35.2 Å². The molecule has 25 heavy (non-hydrogen) atoms. The molecule has 0 saturated heterocycles. The van der Waals surface area contributed by atoms with E-state index in [9.17, 15) is 18.3 Å². The molecule has 3 rings (SSSR count). The third kappa shape index (κ3) is 3.14. The van der Waals surface area contributed by atoms with E-state index in [1.165, 1.54) is 24.3 Å². The SMILES string of the molecule is CC(C)c1cc2c(c(C(=O)c3ccc(S(C)(=O)=O)cc3)c1O)OCC2. The fourth-order valence-electron chi connectivity index (χ4n) is 3.00. The number of phenols is 1. The van der Waals surface area contributed by atoms with Crippen LogP contribution in [0.5, 0.6) is 11.5 Å². The van der Waals surface area contributed by atoms with Crippen LogP contribution >= 0.6 is 0 Å². The molecule has 0 amide bonds. The smallest absolute Gasteiger partial charge is 0.200 e. The normalized spacial score (nSPS) is 13.6. The second-order valence-electron chi connectivity index (χ2n) is 6.56. The first-order valence-corrected chi connectivity index (χ1v) is 9.95. The number of rotatable bonds is 4. The number of benzene rings is 2. The summed E-state index contributed by atoms with van der Waals surface area (Å²) in [5.41, 5.74) is 2.09. The monoisotopic (exact) mass is 360 g/mol. The summed E-state index contributed by atoms with van der Waals surface area (Å²) in [6.45, 7) is 4.38. The van der Waals surface area contributed by atoms with Crippen LogP contribution < -0.4 is 4.74 Å². The van der Waals surface area contributed by atoms with Gasteiger partial charge in [0.1, 0.15) is 17.1 Å². The maximum atomic E-state index is 13.0. The first-order chi connectivity index (χ1) is 11.7. The number of fused-ring (bicyclic) bond motifs is 1. The lowest BCUT2D eigenvalue weighted by Crippen LogP contribution is -2.07. The zero-order valence-corrected chi connectivity index (χ0v) is 15.2. The van der Waals surface area contributed by atoms with E-state index in [1.54, 1.807) is 0 Å². The molecule has 0 radical (unpaired) electrons. The average Bonchev–Trinajstić information content (AvgIpc) is 3.00. The van der Waals surface area contributed by atoms with Crippen LogP contribution in [-0.2, 0) is 16.3 Å². The molecule has 1 aliphatic heterocycles. The molecule has 6 heteroatoms. The quantitative estimate of drug-likeness (QED) is 0.848. The maximum Gasteiger partial charge on any atom is 0.200 e. The van der Waals surface area contributed by atoms with Crippen molar-refractivity contribution in [3.8, 4) is 11.5 Å². The van der Waals surface area contributed by atoms with Gasteiger partial charge in [0.05, 0.1) is 11.5 Å². The minimum atomic E-state index is -3.33. The van der Waals surface area contributed by atoms with E-state index in [4.69, 9.17) is 4.74 Å². The predicted octanol–water partition coefficient (Wildman–Crippen LogP) is 3.09. The Labute approximate surface area is 147 Å². The molecule has 0 saturated carbocycles. The minimum absolute atomic E-state index is 0.0602. The van der Waals surface area contributed by atoms with Crippen molar-refractivity contribution in [1.82, 2.24) is 0 Å². The Morgan fingerprint density at radius 3 is 2.40 bits per heavy atom. The molecule has 0 spiro atoms. The van der Waals surface area contributed by atoms with Gasteiger partial charge in [0.15, 0.2) is 9.84 Å². The minimum Gasteiger partial charge on any atom is -0.507 e. The van der Waals surface area contributed by atoms with Crippen molar-refractivity contribution in [3.63, 3.8) is 0 Å². The van der Waals surface area contributed by atoms with Gasteiger partial charge in [-0.2, -0.15) is 0 Å². The summed E-state index contributed by atoms with van der Waals surface area (Å²) in [5.74, 6) is 0.0511. The number of hydrogen-bond acceptors (Lipinski definition) is 5. The van der Waals surface area contributed by atoms with Crippen molar-refractivity contribution in [1.29, 1.82) is 0 Å². The summed E-state index contributed by atoms with van der Waals surface area (Å²) >= 11 is 0. The van der Waals surface area contributed by atoms with E-state index >= 15 is 0 Å². The van der Waals surface area contributed by atoms with Crippen LogP contribution in [0.4, 0.5) is 0 Å². The van der Waals surface area contributed by atoms with Gasteiger partial charge in [-0.3, -0.25) is 4.79 Å². The maximum absolute atomic E-state index is 13.0. The predicted molar refractivity (Wildman–Crippen MR) is 94.4 cm³/mol. The number of carbonyl (C=O) groups is 1. The van der Waals surface area contributed by atoms with Crippen molar-refractivity contribution in [2.45, 2.75) is 31.1 Å². The van der Waals surface area contributed by atoms with Gasteiger partial charge in [-0.05, 0) is 47.4 Å². The van der Waals surface area contributed by atoms with Gasteiger partial charge >= 0.3 is 0 Å². The standard InChI is InChI=1S/C19H20O5S/c1-11(2)15-10-13-8-9-24-19(13)16(18(15)21)17(20)12-4-6-14(7-5-12)25(3,22)23/h4-7,10-11,21H,8-9H2,1-3H3. The third-order valence-electron chi connectivity index (χ3n) is 4.37. The highest BCUT2D eigenvalue weighted by molar-refractivity contribution is 7.90. The lowest BCUT2D eigenvalue weighted by molar-refractivity contribution is 0.103. The number of ketones is 1. The zero-order valence-electron chi connectivity index (χ0n) is 14.4. The zero-order chi connectivity index (χ0) is 18.4. The molecule has 5 nitrogen and oxygen atoms in total. The van der Waals surface area contributed by atoms with Crippen molar-refractivity contribution < 1.29 is 23.1 Å². The fraction of sp³-hybridized carbons (Fsp3) is 0.316. The third-order valence-corrected chi connectivity index (χ3v) is 5.50. The topological polar surface area (TPSA) is 80.7 Å². The first-order valence-electron chi connectivity index (χ1n) is 8.06. The Morgan fingerprint density at radius 2 is 1.84 bits per heavy atom. The van der Waals surface area contributed by atoms with E-state index in [-0.39, 0.29) is 27.9 Å². The molecule has 2 aromatic rings. The molecule has 0 aromatic heterocycles. The van der Waals surface area contributed by atoms with Crippen molar-refractivity contribution >= 4 is 15.6 Å². The van der Waals surface area contributed by atoms with Gasteiger partial charge in [-0.1, -0.05) is 13.8 Å². The molecular weight excluding hydrogens is 340 g/mol. The number of hydrogen-bond donors (Lipinski definition) is 1. The Morgan fingerprint density at radius 1 is 1.20 bits per heavy atom. The highest BCUT2D eigenvalue weighted by Gasteiger charge is 2.28. The molecule has 0 bridgehead atoms. The molecule has 0 aliphatic carbocycles. The van der Waals surface area contributed by atoms with Gasteiger partial charge in [0.25, 0.3) is 0 Å². The molecular formula is C19H20O5S.